The van der Waals surface area contributed by atoms with Gasteiger partial charge in [0.15, 0.2) is 0 Å². The molecule has 0 radical (unpaired) electrons. The van der Waals surface area contributed by atoms with E-state index in [-0.39, 0.29) is 11.8 Å². The second-order valence-electron chi connectivity index (χ2n) is 8.86. The van der Waals surface area contributed by atoms with Crippen molar-refractivity contribution < 1.29 is 18.0 Å². The van der Waals surface area contributed by atoms with Crippen LogP contribution in [0.15, 0.2) is 48.5 Å². The van der Waals surface area contributed by atoms with Crippen LogP contribution in [0.25, 0.3) is 0 Å². The van der Waals surface area contributed by atoms with E-state index in [4.69, 9.17) is 0 Å². The van der Waals surface area contributed by atoms with E-state index in [1.54, 1.807) is 6.07 Å². The number of alkyl halides is 3. The molecule has 0 bridgehead atoms. The largest absolute Gasteiger partial charge is 0.416 e. The first kappa shape index (κ1) is 22.6. The van der Waals surface area contributed by atoms with Crippen LogP contribution >= 0.6 is 0 Å². The van der Waals surface area contributed by atoms with E-state index >= 15 is 0 Å². The number of piperidine rings is 1. The summed E-state index contributed by atoms with van der Waals surface area (Å²) in [5.41, 5.74) is 2.50. The third-order valence-electron chi connectivity index (χ3n) is 6.64. The first-order chi connectivity index (χ1) is 15.3. The standard InChI is InChI=1S/C25H30F3N3O/c1-19-6-2-3-7-20(19)17-29-11-5-8-21(18-29)24(32)31-14-12-30(13-15-31)23-10-4-9-22(16-23)25(26,27)28/h2-4,6-7,9-10,16,21H,5,8,11-15,17-18H2,1H3. The minimum Gasteiger partial charge on any atom is -0.368 e. The highest BCUT2D eigenvalue weighted by Gasteiger charge is 2.33. The molecule has 0 aromatic heterocycles. The Balaban J connectivity index is 1.33. The van der Waals surface area contributed by atoms with Gasteiger partial charge in [-0.15, -0.1) is 0 Å². The summed E-state index contributed by atoms with van der Waals surface area (Å²) in [6, 6.07) is 13.8. The lowest BCUT2D eigenvalue weighted by molar-refractivity contribution is -0.138. The third-order valence-corrected chi connectivity index (χ3v) is 6.64. The number of anilines is 1. The zero-order chi connectivity index (χ0) is 22.7. The third kappa shape index (κ3) is 5.26. The van der Waals surface area contributed by atoms with Gasteiger partial charge in [-0.3, -0.25) is 9.69 Å². The summed E-state index contributed by atoms with van der Waals surface area (Å²) >= 11 is 0. The van der Waals surface area contributed by atoms with E-state index in [1.807, 2.05) is 15.9 Å². The van der Waals surface area contributed by atoms with Crippen molar-refractivity contribution in [3.63, 3.8) is 0 Å². The molecule has 4 rings (SSSR count). The van der Waals surface area contributed by atoms with Gasteiger partial charge in [-0.05, 0) is 55.6 Å². The lowest BCUT2D eigenvalue weighted by Crippen LogP contribution is -2.52. The Morgan fingerprint density at radius 2 is 1.75 bits per heavy atom. The molecule has 1 amide bonds. The van der Waals surface area contributed by atoms with E-state index in [9.17, 15) is 18.0 Å². The Hall–Kier alpha value is -2.54. The summed E-state index contributed by atoms with van der Waals surface area (Å²) in [6.07, 6.45) is -2.44. The molecule has 172 valence electrons. The Bertz CT molecular complexity index is 938. The molecule has 32 heavy (non-hydrogen) atoms. The van der Waals surface area contributed by atoms with Crippen LogP contribution in [0.5, 0.6) is 0 Å². The van der Waals surface area contributed by atoms with Crippen molar-refractivity contribution in [3.8, 4) is 0 Å². The maximum atomic E-state index is 13.2. The number of benzene rings is 2. The molecule has 1 unspecified atom stereocenters. The molecule has 1 atom stereocenters. The van der Waals surface area contributed by atoms with Gasteiger partial charge < -0.3 is 9.80 Å². The highest BCUT2D eigenvalue weighted by molar-refractivity contribution is 5.79. The molecule has 2 fully saturated rings. The summed E-state index contributed by atoms with van der Waals surface area (Å²) in [6.45, 7) is 6.93. The van der Waals surface area contributed by atoms with Gasteiger partial charge in [0.1, 0.15) is 0 Å². The monoisotopic (exact) mass is 445 g/mol. The molecule has 2 saturated heterocycles. The van der Waals surface area contributed by atoms with Crippen LogP contribution in [-0.4, -0.2) is 55.0 Å². The summed E-state index contributed by atoms with van der Waals surface area (Å²) in [5.74, 6) is 0.177. The van der Waals surface area contributed by atoms with Crippen molar-refractivity contribution in [3.05, 3.63) is 65.2 Å². The SMILES string of the molecule is Cc1ccccc1CN1CCCC(C(=O)N2CCN(c3cccc(C(F)(F)F)c3)CC2)C1. The smallest absolute Gasteiger partial charge is 0.368 e. The molecule has 0 aliphatic carbocycles. The molecule has 2 heterocycles. The molecule has 0 spiro atoms. The number of carbonyl (C=O) groups excluding carboxylic acids is 1. The number of amides is 1. The summed E-state index contributed by atoms with van der Waals surface area (Å²) in [4.78, 5) is 19.4. The van der Waals surface area contributed by atoms with Gasteiger partial charge in [-0.1, -0.05) is 30.3 Å². The number of aryl methyl sites for hydroxylation is 1. The lowest BCUT2D eigenvalue weighted by Gasteiger charge is -2.40. The van der Waals surface area contributed by atoms with Crippen molar-refractivity contribution in [2.45, 2.75) is 32.5 Å². The molecule has 7 heteroatoms. The number of nitrogens with zero attached hydrogens (tertiary/aromatic N) is 3. The quantitative estimate of drug-likeness (QED) is 0.690. The van der Waals surface area contributed by atoms with E-state index < -0.39 is 11.7 Å². The fraction of sp³-hybridized carbons (Fsp3) is 0.480. The molecule has 4 nitrogen and oxygen atoms in total. The van der Waals surface area contributed by atoms with Gasteiger partial charge in [0.05, 0.1) is 11.5 Å². The molecule has 0 N–H and O–H groups in total. The minimum atomic E-state index is -4.35. The van der Waals surface area contributed by atoms with Crippen LogP contribution in [0.3, 0.4) is 0 Å². The first-order valence-electron chi connectivity index (χ1n) is 11.3. The highest BCUT2D eigenvalue weighted by Crippen LogP contribution is 2.32. The zero-order valence-corrected chi connectivity index (χ0v) is 18.4. The van der Waals surface area contributed by atoms with Crippen molar-refractivity contribution in [2.75, 3.05) is 44.2 Å². The minimum absolute atomic E-state index is 0.00660. The molecule has 0 saturated carbocycles. The number of hydrogen-bond donors (Lipinski definition) is 0. The average Bonchev–Trinajstić information content (AvgIpc) is 2.80. The Morgan fingerprint density at radius 1 is 1.00 bits per heavy atom. The number of rotatable bonds is 4. The lowest BCUT2D eigenvalue weighted by atomic mass is 9.95. The highest BCUT2D eigenvalue weighted by atomic mass is 19.4. The van der Waals surface area contributed by atoms with Crippen molar-refractivity contribution >= 4 is 11.6 Å². The predicted octanol–water partition coefficient (Wildman–Crippen LogP) is 4.57. The second-order valence-corrected chi connectivity index (χ2v) is 8.86. The van der Waals surface area contributed by atoms with E-state index in [1.165, 1.54) is 23.3 Å². The predicted molar refractivity (Wildman–Crippen MR) is 119 cm³/mol. The van der Waals surface area contributed by atoms with Gasteiger partial charge in [0, 0.05) is 45.0 Å². The van der Waals surface area contributed by atoms with E-state index in [0.717, 1.165) is 38.5 Å². The van der Waals surface area contributed by atoms with E-state index in [2.05, 4.69) is 30.0 Å². The molecule has 2 aromatic rings. The summed E-state index contributed by atoms with van der Waals surface area (Å²) in [5, 5.41) is 0. The summed E-state index contributed by atoms with van der Waals surface area (Å²) in [7, 11) is 0. The van der Waals surface area contributed by atoms with Crippen LogP contribution in [0, 0.1) is 12.8 Å². The van der Waals surface area contributed by atoms with Crippen molar-refractivity contribution in [1.82, 2.24) is 9.80 Å². The zero-order valence-electron chi connectivity index (χ0n) is 18.4. The molecule has 2 aliphatic rings. The van der Waals surface area contributed by atoms with Gasteiger partial charge in [0.2, 0.25) is 5.91 Å². The van der Waals surface area contributed by atoms with Gasteiger partial charge in [0.25, 0.3) is 0 Å². The molecule has 2 aromatic carbocycles. The Kier molecular flexibility index (Phi) is 6.74. The second kappa shape index (κ2) is 9.53. The average molecular weight is 446 g/mol. The topological polar surface area (TPSA) is 26.8 Å². The maximum absolute atomic E-state index is 13.2. The van der Waals surface area contributed by atoms with Gasteiger partial charge in [-0.2, -0.15) is 13.2 Å². The van der Waals surface area contributed by atoms with Crippen LogP contribution in [-0.2, 0) is 17.5 Å². The van der Waals surface area contributed by atoms with Crippen molar-refractivity contribution in [2.24, 2.45) is 5.92 Å². The van der Waals surface area contributed by atoms with Gasteiger partial charge in [-0.25, -0.2) is 0 Å². The van der Waals surface area contributed by atoms with Crippen molar-refractivity contribution in [1.29, 1.82) is 0 Å². The Morgan fingerprint density at radius 3 is 2.47 bits per heavy atom. The molecular weight excluding hydrogens is 415 g/mol. The number of piperazine rings is 1. The molecule has 2 aliphatic heterocycles. The number of carbonyl (C=O) groups is 1. The van der Waals surface area contributed by atoms with Gasteiger partial charge >= 0.3 is 6.18 Å². The Labute approximate surface area is 187 Å². The fourth-order valence-electron chi connectivity index (χ4n) is 4.75. The number of hydrogen-bond acceptors (Lipinski definition) is 3. The normalized spacial score (nSPS) is 20.4. The fourth-order valence-corrected chi connectivity index (χ4v) is 4.75. The van der Waals surface area contributed by atoms with Crippen LogP contribution in [0.4, 0.5) is 18.9 Å². The molecular formula is C25H30F3N3O. The number of halogens is 3. The van der Waals surface area contributed by atoms with E-state index in [0.29, 0.717) is 31.9 Å². The van der Waals surface area contributed by atoms with Crippen LogP contribution < -0.4 is 4.90 Å². The number of likely N-dealkylation sites (tertiary alicyclic amines) is 1. The summed E-state index contributed by atoms with van der Waals surface area (Å²) < 4.78 is 39.1. The first-order valence-corrected chi connectivity index (χ1v) is 11.3. The van der Waals surface area contributed by atoms with Crippen LogP contribution in [0.2, 0.25) is 0 Å². The van der Waals surface area contributed by atoms with Crippen LogP contribution in [0.1, 0.15) is 29.5 Å². The maximum Gasteiger partial charge on any atom is 0.416 e.